The molecule has 0 amide bonds. The fraction of sp³-hybridized carbons (Fsp3) is 0. The van der Waals surface area contributed by atoms with Gasteiger partial charge in [0.15, 0.2) is 0 Å². The van der Waals surface area contributed by atoms with E-state index >= 15 is 0 Å². The molecule has 3 nitrogen and oxygen atoms in total. The average molecular weight is 508 g/mol. The smallest absolute Gasteiger partial charge is 0.138 e. The second-order valence-corrected chi connectivity index (χ2v) is 6.88. The molecule has 0 fully saturated rings. The van der Waals surface area contributed by atoms with Gasteiger partial charge in [0, 0.05) is 13.6 Å². The van der Waals surface area contributed by atoms with Gasteiger partial charge in [0.2, 0.25) is 0 Å². The molecular weight excluding hydrogens is 499 g/mol. The number of benzene rings is 2. The van der Waals surface area contributed by atoms with Crippen LogP contribution in [0.25, 0.3) is 0 Å². The van der Waals surface area contributed by atoms with Gasteiger partial charge >= 0.3 is 0 Å². The molecule has 0 spiro atoms. The number of rotatable bonds is 3. The van der Waals surface area contributed by atoms with Crippen LogP contribution in [0.5, 0.6) is 5.75 Å². The standard InChI is InChI=1S/C14H9Br2IN2O/c15-11-5-10(14(20)13(16)6-11)8-19-18-7-9-1-3-12(17)4-2-9/h1-8,20H. The molecule has 0 atom stereocenters. The van der Waals surface area contributed by atoms with E-state index in [1.165, 1.54) is 9.78 Å². The van der Waals surface area contributed by atoms with Gasteiger partial charge in [0.25, 0.3) is 0 Å². The molecule has 0 radical (unpaired) electrons. The summed E-state index contributed by atoms with van der Waals surface area (Å²) >= 11 is 8.87. The summed E-state index contributed by atoms with van der Waals surface area (Å²) in [6.45, 7) is 0. The van der Waals surface area contributed by atoms with E-state index in [1.807, 2.05) is 24.3 Å². The lowest BCUT2D eigenvalue weighted by Gasteiger charge is -2.01. The third kappa shape index (κ3) is 4.39. The zero-order chi connectivity index (χ0) is 14.5. The average Bonchev–Trinajstić information content (AvgIpc) is 2.42. The van der Waals surface area contributed by atoms with Gasteiger partial charge in [0.1, 0.15) is 5.75 Å². The third-order valence-electron chi connectivity index (χ3n) is 2.40. The summed E-state index contributed by atoms with van der Waals surface area (Å²) in [5.74, 6) is 0.140. The first kappa shape index (κ1) is 15.7. The topological polar surface area (TPSA) is 45.0 Å². The SMILES string of the molecule is Oc1c(Br)cc(Br)cc1C=NN=Cc1ccc(I)cc1. The van der Waals surface area contributed by atoms with E-state index in [4.69, 9.17) is 0 Å². The lowest BCUT2D eigenvalue weighted by atomic mass is 10.2. The highest BCUT2D eigenvalue weighted by atomic mass is 127. The number of phenolic OH excluding ortho intramolecular Hbond substituents is 1. The van der Waals surface area contributed by atoms with Crippen molar-refractivity contribution in [2.75, 3.05) is 0 Å². The second-order valence-electron chi connectivity index (χ2n) is 3.87. The maximum Gasteiger partial charge on any atom is 0.138 e. The highest BCUT2D eigenvalue weighted by Gasteiger charge is 2.04. The minimum absolute atomic E-state index is 0.140. The Hall–Kier alpha value is -0.730. The summed E-state index contributed by atoms with van der Waals surface area (Å²) in [6, 6.07) is 11.5. The first-order chi connectivity index (χ1) is 9.56. The van der Waals surface area contributed by atoms with Crippen LogP contribution in [0.15, 0.2) is 55.5 Å². The van der Waals surface area contributed by atoms with Crippen molar-refractivity contribution in [1.82, 2.24) is 0 Å². The van der Waals surface area contributed by atoms with Crippen molar-refractivity contribution in [3.05, 3.63) is 60.0 Å². The zero-order valence-corrected chi connectivity index (χ0v) is 15.4. The molecule has 0 aliphatic carbocycles. The minimum Gasteiger partial charge on any atom is -0.506 e. The van der Waals surface area contributed by atoms with Crippen molar-refractivity contribution in [1.29, 1.82) is 0 Å². The van der Waals surface area contributed by atoms with E-state index in [0.29, 0.717) is 10.0 Å². The molecule has 0 aliphatic rings. The summed E-state index contributed by atoms with van der Waals surface area (Å²) in [7, 11) is 0. The monoisotopic (exact) mass is 506 g/mol. The first-order valence-electron chi connectivity index (χ1n) is 5.56. The Balaban J connectivity index is 2.12. The van der Waals surface area contributed by atoms with Gasteiger partial charge in [-0.15, -0.1) is 0 Å². The number of halogens is 3. The van der Waals surface area contributed by atoms with Gasteiger partial charge in [-0.1, -0.05) is 28.1 Å². The fourth-order valence-corrected chi connectivity index (χ4v) is 3.05. The van der Waals surface area contributed by atoms with Crippen molar-refractivity contribution < 1.29 is 5.11 Å². The summed E-state index contributed by atoms with van der Waals surface area (Å²) in [5.41, 5.74) is 1.56. The molecule has 102 valence electrons. The Morgan fingerprint density at radius 3 is 2.35 bits per heavy atom. The molecule has 20 heavy (non-hydrogen) atoms. The Morgan fingerprint density at radius 1 is 1.00 bits per heavy atom. The van der Waals surface area contributed by atoms with Crippen LogP contribution in [0.2, 0.25) is 0 Å². The highest BCUT2D eigenvalue weighted by Crippen LogP contribution is 2.30. The molecule has 2 aromatic carbocycles. The van der Waals surface area contributed by atoms with E-state index < -0.39 is 0 Å². The number of phenols is 1. The van der Waals surface area contributed by atoms with E-state index in [0.717, 1.165) is 10.0 Å². The molecule has 1 N–H and O–H groups in total. The molecular formula is C14H9Br2IN2O. The molecule has 2 rings (SSSR count). The Bertz CT molecular complexity index is 670. The van der Waals surface area contributed by atoms with Gasteiger partial charge in [-0.25, -0.2) is 0 Å². The maximum absolute atomic E-state index is 9.86. The summed E-state index contributed by atoms with van der Waals surface area (Å²) in [4.78, 5) is 0. The lowest BCUT2D eigenvalue weighted by molar-refractivity contribution is 0.471. The van der Waals surface area contributed by atoms with Gasteiger partial charge in [-0.3, -0.25) is 0 Å². The van der Waals surface area contributed by atoms with Gasteiger partial charge in [0.05, 0.1) is 16.9 Å². The van der Waals surface area contributed by atoms with E-state index in [1.54, 1.807) is 18.3 Å². The predicted octanol–water partition coefficient (Wildman–Crippen LogP) is 4.97. The molecule has 0 heterocycles. The van der Waals surface area contributed by atoms with Crippen molar-refractivity contribution in [3.63, 3.8) is 0 Å². The molecule has 0 bridgehead atoms. The van der Waals surface area contributed by atoms with Crippen LogP contribution < -0.4 is 0 Å². The second kappa shape index (κ2) is 7.33. The Kier molecular flexibility index (Phi) is 5.74. The molecule has 0 saturated heterocycles. The molecule has 0 aliphatic heterocycles. The van der Waals surface area contributed by atoms with Gasteiger partial charge in [-0.2, -0.15) is 10.2 Å². The number of nitrogens with zero attached hydrogens (tertiary/aromatic N) is 2. The van der Waals surface area contributed by atoms with E-state index in [2.05, 4.69) is 64.7 Å². The van der Waals surface area contributed by atoms with Crippen molar-refractivity contribution >= 4 is 66.9 Å². The first-order valence-corrected chi connectivity index (χ1v) is 8.23. The zero-order valence-electron chi connectivity index (χ0n) is 10.1. The lowest BCUT2D eigenvalue weighted by Crippen LogP contribution is -1.84. The third-order valence-corrected chi connectivity index (χ3v) is 4.18. The fourth-order valence-electron chi connectivity index (χ4n) is 1.43. The molecule has 6 heteroatoms. The number of hydrogen-bond acceptors (Lipinski definition) is 3. The summed E-state index contributed by atoms with van der Waals surface area (Å²) in [5, 5.41) is 17.8. The highest BCUT2D eigenvalue weighted by molar-refractivity contribution is 14.1. The van der Waals surface area contributed by atoms with Crippen molar-refractivity contribution in [2.24, 2.45) is 10.2 Å². The van der Waals surface area contributed by atoms with Crippen LogP contribution in [0.3, 0.4) is 0 Å². The predicted molar refractivity (Wildman–Crippen MR) is 97.9 cm³/mol. The quantitative estimate of drug-likeness (QED) is 0.356. The largest absolute Gasteiger partial charge is 0.506 e. The number of hydrogen-bond donors (Lipinski definition) is 1. The molecule has 0 unspecified atom stereocenters. The van der Waals surface area contributed by atoms with Crippen molar-refractivity contribution in [2.45, 2.75) is 0 Å². The normalized spacial score (nSPS) is 11.6. The molecule has 0 aromatic heterocycles. The van der Waals surface area contributed by atoms with Gasteiger partial charge in [-0.05, 0) is 68.3 Å². The van der Waals surface area contributed by atoms with Gasteiger partial charge < -0.3 is 5.11 Å². The Morgan fingerprint density at radius 2 is 1.65 bits per heavy atom. The molecule has 0 saturated carbocycles. The van der Waals surface area contributed by atoms with Crippen LogP contribution in [0, 0.1) is 3.57 Å². The summed E-state index contributed by atoms with van der Waals surface area (Å²) < 4.78 is 2.63. The molecule has 2 aromatic rings. The van der Waals surface area contributed by atoms with Crippen LogP contribution in [0.4, 0.5) is 0 Å². The van der Waals surface area contributed by atoms with Crippen LogP contribution in [-0.4, -0.2) is 17.5 Å². The van der Waals surface area contributed by atoms with Crippen molar-refractivity contribution in [3.8, 4) is 5.75 Å². The van der Waals surface area contributed by atoms with Crippen LogP contribution in [-0.2, 0) is 0 Å². The van der Waals surface area contributed by atoms with E-state index in [9.17, 15) is 5.11 Å². The Labute approximate surface area is 147 Å². The maximum atomic E-state index is 9.86. The summed E-state index contributed by atoms with van der Waals surface area (Å²) in [6.07, 6.45) is 3.17. The minimum atomic E-state index is 0.140. The van der Waals surface area contributed by atoms with E-state index in [-0.39, 0.29) is 5.75 Å². The van der Waals surface area contributed by atoms with Crippen LogP contribution >= 0.6 is 54.5 Å². The number of aromatic hydroxyl groups is 1. The van der Waals surface area contributed by atoms with Crippen LogP contribution in [0.1, 0.15) is 11.1 Å².